The molecule has 0 atom stereocenters. The van der Waals surface area contributed by atoms with Crippen LogP contribution in [-0.4, -0.2) is 20.2 Å². The summed E-state index contributed by atoms with van der Waals surface area (Å²) in [6.45, 7) is 1.85. The molecule has 2 rings (SSSR count). The molecule has 0 saturated carbocycles. The third-order valence-electron chi connectivity index (χ3n) is 1.99. The largest absolute Gasteiger partial charge is 0.504 e. The van der Waals surface area contributed by atoms with Crippen molar-refractivity contribution in [3.8, 4) is 22.8 Å². The van der Waals surface area contributed by atoms with Crippen molar-refractivity contribution in [3.05, 3.63) is 30.2 Å². The fraction of sp³-hybridized carbons (Fsp3) is 0.100. The zero-order valence-electron chi connectivity index (χ0n) is 7.65. The number of benzene rings is 1. The van der Waals surface area contributed by atoms with E-state index in [4.69, 9.17) is 5.11 Å². The van der Waals surface area contributed by atoms with Crippen molar-refractivity contribution in [2.24, 2.45) is 0 Å². The molecule has 3 N–H and O–H groups in total. The van der Waals surface area contributed by atoms with E-state index < -0.39 is 0 Å². The van der Waals surface area contributed by atoms with Crippen molar-refractivity contribution in [2.45, 2.75) is 6.92 Å². The highest BCUT2D eigenvalue weighted by Crippen LogP contribution is 2.29. The zero-order valence-corrected chi connectivity index (χ0v) is 7.65. The third-order valence-corrected chi connectivity index (χ3v) is 1.99. The number of aryl methyl sites for hydroxylation is 1. The van der Waals surface area contributed by atoms with Gasteiger partial charge in [0.05, 0.1) is 11.9 Å². The van der Waals surface area contributed by atoms with Crippen LogP contribution in [-0.2, 0) is 0 Å². The van der Waals surface area contributed by atoms with Gasteiger partial charge in [-0.3, -0.25) is 0 Å². The second kappa shape index (κ2) is 3.06. The molecule has 0 spiro atoms. The van der Waals surface area contributed by atoms with Crippen LogP contribution < -0.4 is 0 Å². The Bertz CT molecular complexity index is 463. The molecule has 2 aromatic rings. The molecule has 1 heterocycles. The lowest BCUT2D eigenvalue weighted by Gasteiger charge is -2.00. The van der Waals surface area contributed by atoms with Crippen molar-refractivity contribution in [1.29, 1.82) is 0 Å². The Morgan fingerprint density at radius 3 is 2.57 bits per heavy atom. The van der Waals surface area contributed by atoms with Gasteiger partial charge in [-0.05, 0) is 25.1 Å². The van der Waals surface area contributed by atoms with Gasteiger partial charge >= 0.3 is 0 Å². The van der Waals surface area contributed by atoms with E-state index in [9.17, 15) is 5.11 Å². The van der Waals surface area contributed by atoms with Crippen LogP contribution in [0.2, 0.25) is 0 Å². The van der Waals surface area contributed by atoms with E-state index in [-0.39, 0.29) is 11.5 Å². The summed E-state index contributed by atoms with van der Waals surface area (Å²) in [5, 5.41) is 18.4. The van der Waals surface area contributed by atoms with Gasteiger partial charge in [0, 0.05) is 5.56 Å². The topological polar surface area (TPSA) is 69.1 Å². The van der Waals surface area contributed by atoms with Crippen LogP contribution in [0.3, 0.4) is 0 Å². The Kier molecular flexibility index (Phi) is 1.89. The summed E-state index contributed by atoms with van der Waals surface area (Å²) in [7, 11) is 0. The van der Waals surface area contributed by atoms with Crippen LogP contribution in [0.1, 0.15) is 5.82 Å². The first-order valence-corrected chi connectivity index (χ1v) is 4.21. The SMILES string of the molecule is Cc1ncc(-c2ccc(O)c(O)c2)[nH]1. The number of hydrogen-bond acceptors (Lipinski definition) is 3. The number of phenols is 2. The second-order valence-electron chi connectivity index (χ2n) is 3.09. The van der Waals surface area contributed by atoms with Crippen LogP contribution in [0, 0.1) is 6.92 Å². The highest BCUT2D eigenvalue weighted by Gasteiger charge is 2.04. The van der Waals surface area contributed by atoms with E-state index >= 15 is 0 Å². The van der Waals surface area contributed by atoms with Crippen molar-refractivity contribution >= 4 is 0 Å². The number of imidazole rings is 1. The molecule has 1 aromatic carbocycles. The summed E-state index contributed by atoms with van der Waals surface area (Å²) < 4.78 is 0. The van der Waals surface area contributed by atoms with Gasteiger partial charge in [-0.1, -0.05) is 0 Å². The first-order valence-electron chi connectivity index (χ1n) is 4.21. The molecule has 0 saturated heterocycles. The van der Waals surface area contributed by atoms with Gasteiger partial charge < -0.3 is 15.2 Å². The lowest BCUT2D eigenvalue weighted by atomic mass is 10.1. The van der Waals surface area contributed by atoms with E-state index in [0.717, 1.165) is 17.1 Å². The molecule has 0 fully saturated rings. The standard InChI is InChI=1S/C10H10N2O2/c1-6-11-5-8(12-6)7-2-3-9(13)10(14)4-7/h2-5,13-14H,1H3,(H,11,12). The maximum atomic E-state index is 9.28. The van der Waals surface area contributed by atoms with Gasteiger partial charge in [0.2, 0.25) is 0 Å². The minimum absolute atomic E-state index is 0.120. The Balaban J connectivity index is 2.47. The van der Waals surface area contributed by atoms with E-state index in [1.165, 1.54) is 12.1 Å². The Morgan fingerprint density at radius 1 is 1.21 bits per heavy atom. The smallest absolute Gasteiger partial charge is 0.158 e. The average molecular weight is 190 g/mol. The molecular formula is C10H10N2O2. The molecule has 0 aliphatic heterocycles. The molecule has 4 heteroatoms. The van der Waals surface area contributed by atoms with Gasteiger partial charge in [-0.15, -0.1) is 0 Å². The number of aromatic hydroxyl groups is 2. The van der Waals surface area contributed by atoms with Gasteiger partial charge in [-0.2, -0.15) is 0 Å². The van der Waals surface area contributed by atoms with Gasteiger partial charge in [0.25, 0.3) is 0 Å². The second-order valence-corrected chi connectivity index (χ2v) is 3.09. The van der Waals surface area contributed by atoms with E-state index in [1.54, 1.807) is 12.3 Å². The maximum absolute atomic E-state index is 9.28. The van der Waals surface area contributed by atoms with Crippen molar-refractivity contribution in [1.82, 2.24) is 9.97 Å². The van der Waals surface area contributed by atoms with Gasteiger partial charge in [0.1, 0.15) is 5.82 Å². The molecule has 0 aliphatic rings. The molecule has 0 bridgehead atoms. The fourth-order valence-electron chi connectivity index (χ4n) is 1.26. The van der Waals surface area contributed by atoms with Crippen LogP contribution in [0.25, 0.3) is 11.3 Å². The normalized spacial score (nSPS) is 10.4. The zero-order chi connectivity index (χ0) is 10.1. The van der Waals surface area contributed by atoms with Crippen LogP contribution >= 0.6 is 0 Å². The number of H-pyrrole nitrogens is 1. The molecule has 14 heavy (non-hydrogen) atoms. The van der Waals surface area contributed by atoms with Gasteiger partial charge in [-0.25, -0.2) is 4.98 Å². The number of aromatic amines is 1. The summed E-state index contributed by atoms with van der Waals surface area (Å²) in [5.41, 5.74) is 1.61. The molecule has 0 unspecified atom stereocenters. The summed E-state index contributed by atoms with van der Waals surface area (Å²) in [6, 6.07) is 4.64. The number of nitrogens with zero attached hydrogens (tertiary/aromatic N) is 1. The number of aromatic nitrogens is 2. The quantitative estimate of drug-likeness (QED) is 0.600. The number of nitrogens with one attached hydrogen (secondary N) is 1. The van der Waals surface area contributed by atoms with E-state index in [0.29, 0.717) is 0 Å². The third kappa shape index (κ3) is 1.42. The lowest BCUT2D eigenvalue weighted by Crippen LogP contribution is -1.78. The summed E-state index contributed by atoms with van der Waals surface area (Å²) >= 11 is 0. The van der Waals surface area contributed by atoms with E-state index in [1.807, 2.05) is 6.92 Å². The minimum Gasteiger partial charge on any atom is -0.504 e. The lowest BCUT2D eigenvalue weighted by molar-refractivity contribution is 0.404. The molecule has 4 nitrogen and oxygen atoms in total. The van der Waals surface area contributed by atoms with Gasteiger partial charge in [0.15, 0.2) is 11.5 Å². The summed E-state index contributed by atoms with van der Waals surface area (Å²) in [5.74, 6) is 0.562. The highest BCUT2D eigenvalue weighted by atomic mass is 16.3. The number of phenolic OH excluding ortho intramolecular Hbond substituents is 2. The van der Waals surface area contributed by atoms with Crippen molar-refractivity contribution in [3.63, 3.8) is 0 Å². The number of rotatable bonds is 1. The maximum Gasteiger partial charge on any atom is 0.158 e. The predicted molar refractivity (Wildman–Crippen MR) is 52.1 cm³/mol. The van der Waals surface area contributed by atoms with Crippen LogP contribution in [0.15, 0.2) is 24.4 Å². The predicted octanol–water partition coefficient (Wildman–Crippen LogP) is 1.80. The Labute approximate surface area is 80.9 Å². The molecule has 0 aliphatic carbocycles. The highest BCUT2D eigenvalue weighted by molar-refractivity contribution is 5.62. The molecule has 72 valence electrons. The van der Waals surface area contributed by atoms with Crippen molar-refractivity contribution in [2.75, 3.05) is 0 Å². The molecule has 0 radical (unpaired) electrons. The summed E-state index contributed by atoms with van der Waals surface area (Å²) in [4.78, 5) is 7.08. The Morgan fingerprint density at radius 2 is 2.00 bits per heavy atom. The minimum atomic E-state index is -0.130. The molecular weight excluding hydrogens is 180 g/mol. The summed E-state index contributed by atoms with van der Waals surface area (Å²) in [6.07, 6.45) is 1.68. The molecule has 0 amide bonds. The first kappa shape index (κ1) is 8.62. The van der Waals surface area contributed by atoms with Crippen molar-refractivity contribution < 1.29 is 10.2 Å². The average Bonchev–Trinajstić information content (AvgIpc) is 2.57. The van der Waals surface area contributed by atoms with Crippen LogP contribution in [0.4, 0.5) is 0 Å². The fourth-order valence-corrected chi connectivity index (χ4v) is 1.26. The van der Waals surface area contributed by atoms with E-state index in [2.05, 4.69) is 9.97 Å². The van der Waals surface area contributed by atoms with Crippen LogP contribution in [0.5, 0.6) is 11.5 Å². The first-order chi connectivity index (χ1) is 6.66. The number of hydrogen-bond donors (Lipinski definition) is 3. The molecule has 1 aromatic heterocycles. The Hall–Kier alpha value is -1.97. The monoisotopic (exact) mass is 190 g/mol.